The summed E-state index contributed by atoms with van der Waals surface area (Å²) in [6.07, 6.45) is 1.89. The summed E-state index contributed by atoms with van der Waals surface area (Å²) < 4.78 is 25.5. The molecule has 0 aliphatic heterocycles. The molecule has 0 atom stereocenters. The molecule has 72 valence electrons. The molecule has 0 heterocycles. The normalized spacial score (nSPS) is 12.2. The molecule has 4 nitrogen and oxygen atoms in total. The van der Waals surface area contributed by atoms with E-state index in [1.807, 2.05) is 0 Å². The lowest BCUT2D eigenvalue weighted by molar-refractivity contribution is 0.593. The molecule has 0 saturated heterocycles. The van der Waals surface area contributed by atoms with E-state index in [1.54, 1.807) is 19.0 Å². The van der Waals surface area contributed by atoms with E-state index < -0.39 is 10.0 Å². The minimum atomic E-state index is -3.24. The largest absolute Gasteiger partial charge is 0.368 e. The van der Waals surface area contributed by atoms with Gasteiger partial charge in [0.15, 0.2) is 0 Å². The van der Waals surface area contributed by atoms with Crippen molar-refractivity contribution in [2.45, 2.75) is 6.42 Å². The summed E-state index contributed by atoms with van der Waals surface area (Å²) in [7, 11) is 0.210. The molecule has 12 heavy (non-hydrogen) atoms. The number of hydrogen-bond acceptors (Lipinski definition) is 2. The number of sulfonamides is 1. The van der Waals surface area contributed by atoms with E-state index in [0.29, 0.717) is 11.8 Å². The van der Waals surface area contributed by atoms with Crippen molar-refractivity contribution in [2.24, 2.45) is 4.40 Å². The molecular weight excluding hydrogens is 244 g/mol. The van der Waals surface area contributed by atoms with Gasteiger partial charge in [-0.3, -0.25) is 0 Å². The van der Waals surface area contributed by atoms with Gasteiger partial charge >= 0.3 is 0 Å². The van der Waals surface area contributed by atoms with Crippen molar-refractivity contribution < 1.29 is 8.42 Å². The number of rotatable bonds is 5. The van der Waals surface area contributed by atoms with Crippen LogP contribution in [0.5, 0.6) is 0 Å². The Morgan fingerprint density at radius 1 is 1.50 bits per heavy atom. The third kappa shape index (κ3) is 6.60. The van der Waals surface area contributed by atoms with Gasteiger partial charge in [0.2, 0.25) is 0 Å². The highest BCUT2D eigenvalue weighted by atomic mass is 79.9. The van der Waals surface area contributed by atoms with Gasteiger partial charge in [-0.25, -0.2) is 8.42 Å². The fraction of sp³-hybridized carbons (Fsp3) is 0.833. The van der Waals surface area contributed by atoms with E-state index >= 15 is 0 Å². The maximum absolute atomic E-state index is 11.0. The summed E-state index contributed by atoms with van der Waals surface area (Å²) in [6.45, 7) is 0. The van der Waals surface area contributed by atoms with E-state index in [2.05, 4.69) is 20.3 Å². The Balaban J connectivity index is 4.05. The summed E-state index contributed by atoms with van der Waals surface area (Å²) in [6, 6.07) is 0. The summed E-state index contributed by atoms with van der Waals surface area (Å²) >= 11 is 3.16. The lowest BCUT2D eigenvalue weighted by Gasteiger charge is -2.02. The highest BCUT2D eigenvalue weighted by Crippen LogP contribution is 1.97. The van der Waals surface area contributed by atoms with Crippen molar-refractivity contribution in [3.05, 3.63) is 0 Å². The maximum Gasteiger partial charge on any atom is 0.254 e. The lowest BCUT2D eigenvalue weighted by atomic mass is 10.6. The van der Waals surface area contributed by atoms with Crippen molar-refractivity contribution in [3.63, 3.8) is 0 Å². The van der Waals surface area contributed by atoms with Crippen molar-refractivity contribution in [2.75, 3.05) is 25.2 Å². The molecule has 0 aromatic rings. The Bertz CT molecular complexity index is 236. The fourth-order valence-corrected chi connectivity index (χ4v) is 2.05. The SMILES string of the molecule is CN(C)/C=N/S(=O)(=O)CCCBr. The van der Waals surface area contributed by atoms with Gasteiger partial charge in [0.25, 0.3) is 10.0 Å². The van der Waals surface area contributed by atoms with Gasteiger partial charge < -0.3 is 4.90 Å². The molecule has 0 aromatic carbocycles. The Morgan fingerprint density at radius 2 is 2.08 bits per heavy atom. The number of nitrogens with zero attached hydrogens (tertiary/aromatic N) is 2. The molecule has 0 rings (SSSR count). The molecule has 0 amide bonds. The van der Waals surface area contributed by atoms with E-state index in [9.17, 15) is 8.42 Å². The second-order valence-electron chi connectivity index (χ2n) is 2.51. The van der Waals surface area contributed by atoms with Gasteiger partial charge in [-0.1, -0.05) is 15.9 Å². The third-order valence-electron chi connectivity index (χ3n) is 0.975. The standard InChI is InChI=1S/C6H13BrN2O2S/c1-9(2)6-8-12(10,11)5-3-4-7/h6H,3-5H2,1-2H3/b8-6+. The van der Waals surface area contributed by atoms with Crippen LogP contribution in [-0.4, -0.2) is 44.8 Å². The van der Waals surface area contributed by atoms with Crippen LogP contribution < -0.4 is 0 Å². The van der Waals surface area contributed by atoms with Crippen LogP contribution in [0.3, 0.4) is 0 Å². The van der Waals surface area contributed by atoms with E-state index in [0.717, 1.165) is 0 Å². The second kappa shape index (κ2) is 5.53. The molecule has 0 bridgehead atoms. The maximum atomic E-state index is 11.0. The molecule has 0 unspecified atom stereocenters. The lowest BCUT2D eigenvalue weighted by Crippen LogP contribution is -2.11. The Morgan fingerprint density at radius 3 is 2.50 bits per heavy atom. The first-order valence-corrected chi connectivity index (χ1v) is 6.21. The molecule has 0 radical (unpaired) electrons. The minimum absolute atomic E-state index is 0.0998. The Kier molecular flexibility index (Phi) is 5.48. The first-order valence-electron chi connectivity index (χ1n) is 3.48. The fourth-order valence-electron chi connectivity index (χ4n) is 0.456. The topological polar surface area (TPSA) is 49.7 Å². The zero-order valence-corrected chi connectivity index (χ0v) is 9.60. The zero-order valence-electron chi connectivity index (χ0n) is 7.20. The molecule has 6 heteroatoms. The van der Waals surface area contributed by atoms with Crippen LogP contribution in [0.1, 0.15) is 6.42 Å². The highest BCUT2D eigenvalue weighted by molar-refractivity contribution is 9.09. The number of halogens is 1. The van der Waals surface area contributed by atoms with Crippen LogP contribution in [0.25, 0.3) is 0 Å². The summed E-state index contributed by atoms with van der Waals surface area (Å²) in [5.41, 5.74) is 0. The minimum Gasteiger partial charge on any atom is -0.368 e. The number of hydrogen-bond donors (Lipinski definition) is 0. The summed E-state index contributed by atoms with van der Waals surface area (Å²) in [5, 5.41) is 0.684. The van der Waals surface area contributed by atoms with E-state index in [4.69, 9.17) is 0 Å². The van der Waals surface area contributed by atoms with Gasteiger partial charge in [0.1, 0.15) is 6.34 Å². The van der Waals surface area contributed by atoms with Crippen LogP contribution in [0, 0.1) is 0 Å². The van der Waals surface area contributed by atoms with Crippen LogP contribution in [-0.2, 0) is 10.0 Å². The predicted molar refractivity (Wildman–Crippen MR) is 54.4 cm³/mol. The Hall–Kier alpha value is -0.100. The van der Waals surface area contributed by atoms with Gasteiger partial charge in [-0.15, -0.1) is 0 Å². The van der Waals surface area contributed by atoms with Crippen LogP contribution in [0.2, 0.25) is 0 Å². The van der Waals surface area contributed by atoms with Crippen LogP contribution in [0.15, 0.2) is 4.40 Å². The molecule has 0 N–H and O–H groups in total. The molecule has 0 spiro atoms. The average Bonchev–Trinajstić information content (AvgIpc) is 1.98. The van der Waals surface area contributed by atoms with Crippen LogP contribution in [0.4, 0.5) is 0 Å². The quantitative estimate of drug-likeness (QED) is 0.413. The van der Waals surface area contributed by atoms with E-state index in [-0.39, 0.29) is 5.75 Å². The van der Waals surface area contributed by atoms with Crippen molar-refractivity contribution >= 4 is 32.3 Å². The highest BCUT2D eigenvalue weighted by Gasteiger charge is 2.05. The summed E-state index contributed by atoms with van der Waals surface area (Å²) in [5.74, 6) is 0.0998. The van der Waals surface area contributed by atoms with Crippen LogP contribution >= 0.6 is 15.9 Å². The smallest absolute Gasteiger partial charge is 0.254 e. The molecule has 0 aliphatic carbocycles. The van der Waals surface area contributed by atoms with Crippen molar-refractivity contribution in [1.29, 1.82) is 0 Å². The molecule has 0 fully saturated rings. The first-order chi connectivity index (χ1) is 5.48. The second-order valence-corrected chi connectivity index (χ2v) is 5.09. The van der Waals surface area contributed by atoms with Gasteiger partial charge in [0, 0.05) is 19.4 Å². The predicted octanol–water partition coefficient (Wildman–Crippen LogP) is 0.691. The number of alkyl halides is 1. The van der Waals surface area contributed by atoms with Gasteiger partial charge in [-0.2, -0.15) is 4.40 Å². The average molecular weight is 257 g/mol. The Labute approximate surface area is 81.8 Å². The monoisotopic (exact) mass is 256 g/mol. The van der Waals surface area contributed by atoms with Gasteiger partial charge in [-0.05, 0) is 6.42 Å². The van der Waals surface area contributed by atoms with Crippen molar-refractivity contribution in [3.8, 4) is 0 Å². The summed E-state index contributed by atoms with van der Waals surface area (Å²) in [4.78, 5) is 1.59. The van der Waals surface area contributed by atoms with Crippen molar-refractivity contribution in [1.82, 2.24) is 4.90 Å². The molecular formula is C6H13BrN2O2S. The van der Waals surface area contributed by atoms with Gasteiger partial charge in [0.05, 0.1) is 5.75 Å². The molecule has 0 aromatic heterocycles. The molecule has 0 aliphatic rings. The zero-order chi connectivity index (χ0) is 9.61. The molecule has 0 saturated carbocycles. The first kappa shape index (κ1) is 11.9. The third-order valence-corrected chi connectivity index (χ3v) is 2.76. The van der Waals surface area contributed by atoms with E-state index in [1.165, 1.54) is 6.34 Å².